The van der Waals surface area contributed by atoms with E-state index in [0.717, 1.165) is 54.6 Å². The van der Waals surface area contributed by atoms with E-state index in [9.17, 15) is 8.78 Å². The van der Waals surface area contributed by atoms with Crippen LogP contribution < -0.4 is 4.90 Å². The second-order valence-electron chi connectivity index (χ2n) is 8.62. The van der Waals surface area contributed by atoms with Crippen molar-refractivity contribution in [2.75, 3.05) is 38.1 Å². The van der Waals surface area contributed by atoms with E-state index in [2.05, 4.69) is 42.0 Å². The molecular weight excluding hydrogens is 450 g/mol. The minimum atomic E-state index is -0.960. The molecule has 1 aliphatic heterocycles. The number of hydrogen-bond donors (Lipinski definition) is 1. The zero-order chi connectivity index (χ0) is 23.9. The molecule has 0 aliphatic carbocycles. The predicted octanol–water partition coefficient (Wildman–Crippen LogP) is 3.90. The summed E-state index contributed by atoms with van der Waals surface area (Å²) in [4.78, 5) is 17.0. The second-order valence-corrected chi connectivity index (χ2v) is 8.62. The number of piperazine rings is 1. The Morgan fingerprint density at radius 2 is 1.77 bits per heavy atom. The van der Waals surface area contributed by atoms with E-state index in [-0.39, 0.29) is 5.69 Å². The van der Waals surface area contributed by atoms with Crippen molar-refractivity contribution in [1.82, 2.24) is 34.6 Å². The number of benzene rings is 1. The fourth-order valence-electron chi connectivity index (χ4n) is 4.40. The standard InChI is InChI=1S/C25H22F2N8/c1-33-7-9-34(10-8-33)22-6-5-16(12-28-22)17-11-18-19(14-30-24(18)29-13-17)25-32-31-15-35(25)21-4-2-3-20(26)23(21)27/h2-6,11-15H,7-10H2,1H3,(H,29,30). The number of likely N-dealkylation sites (N-methyl/N-ethyl adjacent to an activating group) is 1. The van der Waals surface area contributed by atoms with E-state index < -0.39 is 11.6 Å². The molecule has 6 rings (SSSR count). The molecule has 1 aromatic carbocycles. The Labute approximate surface area is 199 Å². The van der Waals surface area contributed by atoms with Gasteiger partial charge in [-0.1, -0.05) is 6.07 Å². The number of rotatable bonds is 4. The highest BCUT2D eigenvalue weighted by Gasteiger charge is 2.19. The van der Waals surface area contributed by atoms with Crippen LogP contribution in [0.4, 0.5) is 14.6 Å². The lowest BCUT2D eigenvalue weighted by molar-refractivity contribution is 0.312. The maximum absolute atomic E-state index is 14.5. The van der Waals surface area contributed by atoms with Crippen molar-refractivity contribution in [2.45, 2.75) is 0 Å². The largest absolute Gasteiger partial charge is 0.354 e. The summed E-state index contributed by atoms with van der Waals surface area (Å²) < 4.78 is 29.8. The van der Waals surface area contributed by atoms with E-state index in [0.29, 0.717) is 17.0 Å². The molecule has 0 saturated carbocycles. The van der Waals surface area contributed by atoms with Gasteiger partial charge in [0, 0.05) is 66.8 Å². The van der Waals surface area contributed by atoms with Crippen LogP contribution in [0.25, 0.3) is 39.2 Å². The van der Waals surface area contributed by atoms with Crippen molar-refractivity contribution in [3.05, 3.63) is 73.0 Å². The zero-order valence-electron chi connectivity index (χ0n) is 19.0. The van der Waals surface area contributed by atoms with E-state index in [1.165, 1.54) is 23.0 Å². The van der Waals surface area contributed by atoms with Crippen LogP contribution in [-0.2, 0) is 0 Å². The van der Waals surface area contributed by atoms with Crippen LogP contribution in [0.2, 0.25) is 0 Å². The molecule has 5 aromatic rings. The number of aromatic amines is 1. The summed E-state index contributed by atoms with van der Waals surface area (Å²) in [5.74, 6) is -0.553. The summed E-state index contributed by atoms with van der Waals surface area (Å²) in [7, 11) is 2.13. The van der Waals surface area contributed by atoms with E-state index in [1.54, 1.807) is 12.4 Å². The predicted molar refractivity (Wildman–Crippen MR) is 129 cm³/mol. The Kier molecular flexibility index (Phi) is 5.22. The Morgan fingerprint density at radius 1 is 0.943 bits per heavy atom. The normalized spacial score (nSPS) is 14.7. The maximum atomic E-state index is 14.5. The Balaban J connectivity index is 1.36. The van der Waals surface area contributed by atoms with Gasteiger partial charge in [0.2, 0.25) is 0 Å². The van der Waals surface area contributed by atoms with Gasteiger partial charge in [-0.3, -0.25) is 4.57 Å². The molecule has 0 spiro atoms. The van der Waals surface area contributed by atoms with Gasteiger partial charge >= 0.3 is 0 Å². The van der Waals surface area contributed by atoms with Gasteiger partial charge in [0.1, 0.15) is 17.8 Å². The van der Waals surface area contributed by atoms with Gasteiger partial charge in [0.25, 0.3) is 0 Å². The van der Waals surface area contributed by atoms with Crippen LogP contribution in [0.15, 0.2) is 61.3 Å². The van der Waals surface area contributed by atoms with Crippen LogP contribution in [-0.4, -0.2) is 67.8 Å². The number of halogens is 2. The zero-order valence-corrected chi connectivity index (χ0v) is 19.0. The molecule has 10 heteroatoms. The van der Waals surface area contributed by atoms with Crippen LogP contribution >= 0.6 is 0 Å². The quantitative estimate of drug-likeness (QED) is 0.428. The molecule has 5 heterocycles. The summed E-state index contributed by atoms with van der Waals surface area (Å²) in [5, 5.41) is 8.91. The van der Waals surface area contributed by atoms with Crippen molar-refractivity contribution >= 4 is 16.9 Å². The average Bonchev–Trinajstić information content (AvgIpc) is 3.53. The number of nitrogens with zero attached hydrogens (tertiary/aromatic N) is 7. The van der Waals surface area contributed by atoms with Gasteiger partial charge in [0.15, 0.2) is 17.5 Å². The Bertz CT molecular complexity index is 1500. The highest BCUT2D eigenvalue weighted by atomic mass is 19.2. The molecule has 8 nitrogen and oxygen atoms in total. The van der Waals surface area contributed by atoms with E-state index >= 15 is 0 Å². The molecule has 176 valence electrons. The van der Waals surface area contributed by atoms with Crippen molar-refractivity contribution in [2.24, 2.45) is 0 Å². The minimum Gasteiger partial charge on any atom is -0.354 e. The lowest BCUT2D eigenvalue weighted by Crippen LogP contribution is -2.44. The average molecular weight is 473 g/mol. The number of pyridine rings is 2. The maximum Gasteiger partial charge on any atom is 0.182 e. The minimum absolute atomic E-state index is 0.0344. The molecular formula is C25H22F2N8. The van der Waals surface area contributed by atoms with E-state index in [1.807, 2.05) is 24.4 Å². The van der Waals surface area contributed by atoms with E-state index in [4.69, 9.17) is 0 Å². The molecule has 0 radical (unpaired) electrons. The fourth-order valence-corrected chi connectivity index (χ4v) is 4.40. The number of aromatic nitrogens is 6. The third kappa shape index (κ3) is 3.81. The highest BCUT2D eigenvalue weighted by molar-refractivity contribution is 5.94. The topological polar surface area (TPSA) is 78.8 Å². The molecule has 4 aromatic heterocycles. The van der Waals surface area contributed by atoms with Crippen LogP contribution in [0, 0.1) is 11.6 Å². The number of nitrogens with one attached hydrogen (secondary N) is 1. The third-order valence-electron chi connectivity index (χ3n) is 6.42. The first-order valence-corrected chi connectivity index (χ1v) is 11.3. The molecule has 1 aliphatic rings. The van der Waals surface area contributed by atoms with Gasteiger partial charge in [0.05, 0.1) is 5.69 Å². The van der Waals surface area contributed by atoms with Crippen LogP contribution in [0.5, 0.6) is 0 Å². The molecule has 0 bridgehead atoms. The first-order valence-electron chi connectivity index (χ1n) is 11.3. The third-order valence-corrected chi connectivity index (χ3v) is 6.42. The Hall–Kier alpha value is -4.18. The smallest absolute Gasteiger partial charge is 0.182 e. The SMILES string of the molecule is CN1CCN(c2ccc(-c3cnc4[nH]cc(-c5nncn5-c5cccc(F)c5F)c4c3)cn2)CC1. The van der Waals surface area contributed by atoms with Gasteiger partial charge in [-0.25, -0.2) is 18.7 Å². The summed E-state index contributed by atoms with van der Waals surface area (Å²) in [5.41, 5.74) is 3.19. The van der Waals surface area contributed by atoms with Gasteiger partial charge in [-0.15, -0.1) is 10.2 Å². The van der Waals surface area contributed by atoms with Crippen LogP contribution in [0.1, 0.15) is 0 Å². The van der Waals surface area contributed by atoms with Crippen molar-refractivity contribution in [3.8, 4) is 28.2 Å². The van der Waals surface area contributed by atoms with Gasteiger partial charge in [-0.05, 0) is 37.4 Å². The van der Waals surface area contributed by atoms with Crippen molar-refractivity contribution in [1.29, 1.82) is 0 Å². The second kappa shape index (κ2) is 8.55. The van der Waals surface area contributed by atoms with Gasteiger partial charge < -0.3 is 14.8 Å². The summed E-state index contributed by atoms with van der Waals surface area (Å²) >= 11 is 0. The molecule has 0 atom stereocenters. The molecule has 35 heavy (non-hydrogen) atoms. The Morgan fingerprint density at radius 3 is 2.57 bits per heavy atom. The summed E-state index contributed by atoms with van der Waals surface area (Å²) in [6.07, 6.45) is 6.75. The fraction of sp³-hybridized carbons (Fsp3) is 0.200. The van der Waals surface area contributed by atoms with Crippen molar-refractivity contribution in [3.63, 3.8) is 0 Å². The first kappa shape index (κ1) is 21.4. The molecule has 0 amide bonds. The number of hydrogen-bond acceptors (Lipinski definition) is 6. The summed E-state index contributed by atoms with van der Waals surface area (Å²) in [6, 6.07) is 10.1. The molecule has 1 fully saturated rings. The van der Waals surface area contributed by atoms with Crippen molar-refractivity contribution < 1.29 is 8.78 Å². The monoisotopic (exact) mass is 472 g/mol. The molecule has 1 saturated heterocycles. The first-order chi connectivity index (χ1) is 17.1. The molecule has 1 N–H and O–H groups in total. The highest BCUT2D eigenvalue weighted by Crippen LogP contribution is 2.32. The lowest BCUT2D eigenvalue weighted by atomic mass is 10.1. The van der Waals surface area contributed by atoms with Crippen LogP contribution in [0.3, 0.4) is 0 Å². The van der Waals surface area contributed by atoms with Gasteiger partial charge in [-0.2, -0.15) is 0 Å². The lowest BCUT2D eigenvalue weighted by Gasteiger charge is -2.33. The number of anilines is 1. The number of H-pyrrole nitrogens is 1. The summed E-state index contributed by atoms with van der Waals surface area (Å²) in [6.45, 7) is 3.94. The number of fused-ring (bicyclic) bond motifs is 1. The molecule has 0 unspecified atom stereocenters.